The van der Waals surface area contributed by atoms with Crippen LogP contribution < -0.4 is 11.1 Å². The molecule has 1 saturated carbocycles. The Bertz CT molecular complexity index is 824. The van der Waals surface area contributed by atoms with Crippen LogP contribution in [0.2, 0.25) is 5.02 Å². The van der Waals surface area contributed by atoms with Gasteiger partial charge in [0.15, 0.2) is 5.58 Å². The quantitative estimate of drug-likeness (QED) is 0.918. The van der Waals surface area contributed by atoms with E-state index in [1.54, 1.807) is 22.8 Å². The fourth-order valence-electron chi connectivity index (χ4n) is 3.44. The highest BCUT2D eigenvalue weighted by atomic mass is 35.5. The van der Waals surface area contributed by atoms with Crippen LogP contribution in [0.15, 0.2) is 27.4 Å². The Labute approximate surface area is 144 Å². The molecule has 1 saturated heterocycles. The minimum Gasteiger partial charge on any atom is -0.408 e. The number of carbonyl (C=O) groups is 1. The van der Waals surface area contributed by atoms with Gasteiger partial charge in [-0.1, -0.05) is 11.6 Å². The average molecular weight is 350 g/mol. The standard InChI is InChI=1S/C17H20ClN3O3/c18-11-3-6-15-14(8-11)21(17(23)24-15)13-2-1-7-20(9-13)10-16(22)19-12-4-5-12/h3,6,8,12-13H,1-2,4-5,7,9-10H2,(H,19,22)/t13-/m0/s1. The van der Waals surface area contributed by atoms with Crippen LogP contribution in [0, 0.1) is 0 Å². The summed E-state index contributed by atoms with van der Waals surface area (Å²) in [7, 11) is 0. The number of nitrogens with zero attached hydrogens (tertiary/aromatic N) is 2. The molecule has 0 spiro atoms. The molecule has 2 aliphatic rings. The summed E-state index contributed by atoms with van der Waals surface area (Å²) >= 11 is 6.07. The van der Waals surface area contributed by atoms with Crippen molar-refractivity contribution >= 4 is 28.6 Å². The fraction of sp³-hybridized carbons (Fsp3) is 0.529. The first-order chi connectivity index (χ1) is 11.6. The third-order valence-corrected chi connectivity index (χ3v) is 4.97. The highest BCUT2D eigenvalue weighted by Gasteiger charge is 2.28. The van der Waals surface area contributed by atoms with Gasteiger partial charge in [-0.25, -0.2) is 4.79 Å². The maximum Gasteiger partial charge on any atom is 0.420 e. The van der Waals surface area contributed by atoms with E-state index >= 15 is 0 Å². The Morgan fingerprint density at radius 3 is 2.96 bits per heavy atom. The van der Waals surface area contributed by atoms with E-state index in [-0.39, 0.29) is 17.7 Å². The van der Waals surface area contributed by atoms with Gasteiger partial charge in [0.25, 0.3) is 0 Å². The Morgan fingerprint density at radius 2 is 2.17 bits per heavy atom. The molecule has 128 valence electrons. The number of benzene rings is 1. The minimum atomic E-state index is -0.360. The molecule has 24 heavy (non-hydrogen) atoms. The lowest BCUT2D eigenvalue weighted by atomic mass is 10.1. The van der Waals surface area contributed by atoms with Gasteiger partial charge >= 0.3 is 5.76 Å². The number of halogens is 1. The number of aromatic nitrogens is 1. The molecule has 1 aliphatic carbocycles. The monoisotopic (exact) mass is 349 g/mol. The predicted molar refractivity (Wildman–Crippen MR) is 91.4 cm³/mol. The predicted octanol–water partition coefficient (Wildman–Crippen LogP) is 2.16. The molecule has 1 aromatic heterocycles. The molecular weight excluding hydrogens is 330 g/mol. The normalized spacial score (nSPS) is 22.0. The molecule has 2 fully saturated rings. The van der Waals surface area contributed by atoms with Crippen LogP contribution in [-0.4, -0.2) is 41.1 Å². The van der Waals surface area contributed by atoms with Crippen LogP contribution in [0.1, 0.15) is 31.7 Å². The number of piperidine rings is 1. The lowest BCUT2D eigenvalue weighted by Gasteiger charge is -2.32. The largest absolute Gasteiger partial charge is 0.420 e. The summed E-state index contributed by atoms with van der Waals surface area (Å²) in [5.41, 5.74) is 1.27. The molecule has 7 heteroatoms. The molecule has 6 nitrogen and oxygen atoms in total. The zero-order chi connectivity index (χ0) is 16.7. The number of hydrogen-bond acceptors (Lipinski definition) is 4. The first-order valence-corrected chi connectivity index (χ1v) is 8.80. The van der Waals surface area contributed by atoms with Gasteiger partial charge in [0.05, 0.1) is 18.1 Å². The van der Waals surface area contributed by atoms with E-state index in [9.17, 15) is 9.59 Å². The van der Waals surface area contributed by atoms with Crippen LogP contribution in [-0.2, 0) is 4.79 Å². The van der Waals surface area contributed by atoms with E-state index in [0.717, 1.165) is 37.7 Å². The van der Waals surface area contributed by atoms with Crippen LogP contribution in [0.5, 0.6) is 0 Å². The first-order valence-electron chi connectivity index (χ1n) is 8.42. The van der Waals surface area contributed by atoms with Crippen molar-refractivity contribution in [3.05, 3.63) is 33.8 Å². The summed E-state index contributed by atoms with van der Waals surface area (Å²) in [6, 6.07) is 5.58. The van der Waals surface area contributed by atoms with E-state index in [0.29, 0.717) is 29.7 Å². The van der Waals surface area contributed by atoms with Gasteiger partial charge in [0.1, 0.15) is 0 Å². The second-order valence-electron chi connectivity index (χ2n) is 6.72. The van der Waals surface area contributed by atoms with Crippen LogP contribution in [0.25, 0.3) is 11.1 Å². The Balaban J connectivity index is 1.53. The number of nitrogens with one attached hydrogen (secondary N) is 1. The number of carbonyl (C=O) groups excluding carboxylic acids is 1. The van der Waals surface area contributed by atoms with Gasteiger partial charge in [0, 0.05) is 17.6 Å². The van der Waals surface area contributed by atoms with Crippen molar-refractivity contribution in [3.8, 4) is 0 Å². The first kappa shape index (κ1) is 15.7. The number of amides is 1. The second kappa shape index (κ2) is 6.26. The van der Waals surface area contributed by atoms with Crippen molar-refractivity contribution in [1.29, 1.82) is 0 Å². The molecule has 2 heterocycles. The molecule has 1 amide bonds. The summed E-state index contributed by atoms with van der Waals surface area (Å²) in [5.74, 6) is -0.285. The highest BCUT2D eigenvalue weighted by Crippen LogP contribution is 2.26. The Hall–Kier alpha value is -1.79. The summed E-state index contributed by atoms with van der Waals surface area (Å²) in [4.78, 5) is 26.4. The summed E-state index contributed by atoms with van der Waals surface area (Å²) in [5, 5.41) is 3.59. The van der Waals surface area contributed by atoms with Gasteiger partial charge in [-0.3, -0.25) is 14.3 Å². The fourth-order valence-corrected chi connectivity index (χ4v) is 3.61. The molecule has 1 aromatic carbocycles. The van der Waals surface area contributed by atoms with Crippen molar-refractivity contribution in [1.82, 2.24) is 14.8 Å². The average Bonchev–Trinajstić information content (AvgIpc) is 3.28. The van der Waals surface area contributed by atoms with Crippen LogP contribution in [0.3, 0.4) is 0 Å². The van der Waals surface area contributed by atoms with Crippen molar-refractivity contribution in [2.24, 2.45) is 0 Å². The number of oxazole rings is 1. The summed E-state index contributed by atoms with van der Waals surface area (Å²) < 4.78 is 7.02. The minimum absolute atomic E-state index is 0.000285. The van der Waals surface area contributed by atoms with Gasteiger partial charge in [0.2, 0.25) is 5.91 Å². The van der Waals surface area contributed by atoms with E-state index < -0.39 is 0 Å². The van der Waals surface area contributed by atoms with Crippen LogP contribution >= 0.6 is 11.6 Å². The van der Waals surface area contributed by atoms with E-state index in [1.807, 2.05) is 0 Å². The summed E-state index contributed by atoms with van der Waals surface area (Å²) in [6.07, 6.45) is 4.01. The molecule has 0 bridgehead atoms. The summed E-state index contributed by atoms with van der Waals surface area (Å²) in [6.45, 7) is 1.93. The van der Waals surface area contributed by atoms with Gasteiger partial charge < -0.3 is 9.73 Å². The maximum atomic E-state index is 12.3. The second-order valence-corrected chi connectivity index (χ2v) is 7.16. The number of likely N-dealkylation sites (tertiary alicyclic amines) is 1. The van der Waals surface area contributed by atoms with E-state index in [4.69, 9.17) is 16.0 Å². The van der Waals surface area contributed by atoms with E-state index in [1.165, 1.54) is 0 Å². The third-order valence-electron chi connectivity index (χ3n) is 4.73. The SMILES string of the molecule is O=C(CN1CCC[C@H](n2c(=O)oc3ccc(Cl)cc32)C1)NC1CC1. The van der Waals surface area contributed by atoms with Crippen molar-refractivity contribution in [2.45, 2.75) is 37.8 Å². The molecule has 0 radical (unpaired) electrons. The highest BCUT2D eigenvalue weighted by molar-refractivity contribution is 6.31. The lowest BCUT2D eigenvalue weighted by molar-refractivity contribution is -0.122. The smallest absolute Gasteiger partial charge is 0.408 e. The topological polar surface area (TPSA) is 67.5 Å². The molecule has 1 N–H and O–H groups in total. The van der Waals surface area contributed by atoms with E-state index in [2.05, 4.69) is 10.2 Å². The van der Waals surface area contributed by atoms with Crippen molar-refractivity contribution < 1.29 is 9.21 Å². The molecular formula is C17H20ClN3O3. The van der Waals surface area contributed by atoms with Gasteiger partial charge in [-0.05, 0) is 50.4 Å². The maximum absolute atomic E-state index is 12.3. The third kappa shape index (κ3) is 3.21. The van der Waals surface area contributed by atoms with Crippen molar-refractivity contribution in [2.75, 3.05) is 19.6 Å². The van der Waals surface area contributed by atoms with Gasteiger partial charge in [-0.15, -0.1) is 0 Å². The Kier molecular flexibility index (Phi) is 4.10. The van der Waals surface area contributed by atoms with Crippen molar-refractivity contribution in [3.63, 3.8) is 0 Å². The number of rotatable bonds is 4. The lowest BCUT2D eigenvalue weighted by Crippen LogP contribution is -2.44. The zero-order valence-corrected chi connectivity index (χ0v) is 14.1. The molecule has 4 rings (SSSR count). The number of fused-ring (bicyclic) bond motifs is 1. The molecule has 1 aliphatic heterocycles. The Morgan fingerprint density at radius 1 is 1.33 bits per heavy atom. The molecule has 0 unspecified atom stereocenters. The number of hydrogen-bond donors (Lipinski definition) is 1. The van der Waals surface area contributed by atoms with Gasteiger partial charge in [-0.2, -0.15) is 0 Å². The van der Waals surface area contributed by atoms with Crippen LogP contribution in [0.4, 0.5) is 0 Å². The zero-order valence-electron chi connectivity index (χ0n) is 13.3. The molecule has 2 aromatic rings. The molecule has 1 atom stereocenters.